The van der Waals surface area contributed by atoms with Gasteiger partial charge in [-0.05, 0) is 12.8 Å². The molecule has 0 amide bonds. The second-order valence-electron chi connectivity index (χ2n) is 2.86. The van der Waals surface area contributed by atoms with Gasteiger partial charge in [0.1, 0.15) is 0 Å². The fraction of sp³-hybridized carbons (Fsp3) is 0.800. The van der Waals surface area contributed by atoms with Crippen molar-refractivity contribution in [2.75, 3.05) is 6.61 Å². The molecule has 11 heavy (non-hydrogen) atoms. The van der Waals surface area contributed by atoms with E-state index in [4.69, 9.17) is 5.11 Å². The van der Waals surface area contributed by atoms with Crippen molar-refractivity contribution in [1.82, 2.24) is 0 Å². The van der Waals surface area contributed by atoms with Crippen molar-refractivity contribution in [1.29, 1.82) is 0 Å². The van der Waals surface area contributed by atoms with Crippen molar-refractivity contribution in [3.05, 3.63) is 12.2 Å². The molecule has 66 valence electrons. The zero-order chi connectivity index (χ0) is 8.36. The molecule has 0 atom stereocenters. The van der Waals surface area contributed by atoms with Gasteiger partial charge >= 0.3 is 0 Å². The van der Waals surface area contributed by atoms with Crippen LogP contribution in [0.5, 0.6) is 0 Å². The summed E-state index contributed by atoms with van der Waals surface area (Å²) in [5.74, 6) is 0. The van der Waals surface area contributed by atoms with E-state index >= 15 is 0 Å². The topological polar surface area (TPSA) is 20.2 Å². The predicted octanol–water partition coefficient (Wildman–Crippen LogP) is 2.90. The lowest BCUT2D eigenvalue weighted by Crippen LogP contribution is -1.76. The van der Waals surface area contributed by atoms with Gasteiger partial charge in [0.2, 0.25) is 0 Å². The highest BCUT2D eigenvalue weighted by Crippen LogP contribution is 2.04. The fourth-order valence-electron chi connectivity index (χ4n) is 1.06. The molecule has 0 heterocycles. The lowest BCUT2D eigenvalue weighted by atomic mass is 10.1. The molecular weight excluding hydrogens is 136 g/mol. The number of allylic oxidation sites excluding steroid dienone is 1. The third-order valence-electron chi connectivity index (χ3n) is 1.75. The number of aliphatic hydroxyl groups excluding tert-OH is 1. The first-order valence-electron chi connectivity index (χ1n) is 4.67. The Bertz CT molecular complexity index is 86.9. The van der Waals surface area contributed by atoms with Crippen LogP contribution in [-0.4, -0.2) is 11.7 Å². The van der Waals surface area contributed by atoms with Crippen LogP contribution in [0.4, 0.5) is 0 Å². The summed E-state index contributed by atoms with van der Waals surface area (Å²) in [4.78, 5) is 0. The van der Waals surface area contributed by atoms with Gasteiger partial charge in [0.15, 0.2) is 0 Å². The Morgan fingerprint density at radius 2 is 1.73 bits per heavy atom. The number of aliphatic hydroxyl groups is 1. The highest BCUT2D eigenvalue weighted by Gasteiger charge is 1.85. The molecule has 1 N–H and O–H groups in total. The van der Waals surface area contributed by atoms with Gasteiger partial charge in [-0.15, -0.1) is 0 Å². The van der Waals surface area contributed by atoms with Crippen molar-refractivity contribution < 1.29 is 5.11 Å². The van der Waals surface area contributed by atoms with Crippen LogP contribution in [0.3, 0.4) is 0 Å². The zero-order valence-electron chi connectivity index (χ0n) is 7.55. The van der Waals surface area contributed by atoms with Crippen molar-refractivity contribution in [2.45, 2.75) is 45.4 Å². The normalized spacial score (nSPS) is 11.1. The Morgan fingerprint density at radius 1 is 1.00 bits per heavy atom. The smallest absolute Gasteiger partial charge is 0.0612 e. The summed E-state index contributed by atoms with van der Waals surface area (Å²) in [7, 11) is 0. The fourth-order valence-corrected chi connectivity index (χ4v) is 1.06. The standard InChI is InChI=1S/C10H20O/c1-2-3-4-5-6-7-8-9-10-11/h8-9,11H,2-7,10H2,1H3/b9-8-. The summed E-state index contributed by atoms with van der Waals surface area (Å²) in [6.45, 7) is 2.42. The van der Waals surface area contributed by atoms with Crippen LogP contribution >= 0.6 is 0 Å². The number of unbranched alkanes of at least 4 members (excludes halogenated alkanes) is 5. The zero-order valence-corrected chi connectivity index (χ0v) is 7.55. The molecule has 1 nitrogen and oxygen atoms in total. The third-order valence-corrected chi connectivity index (χ3v) is 1.75. The molecule has 0 fully saturated rings. The Kier molecular flexibility index (Phi) is 9.44. The van der Waals surface area contributed by atoms with Gasteiger partial charge in [-0.1, -0.05) is 44.8 Å². The third kappa shape index (κ3) is 9.70. The molecule has 0 aliphatic carbocycles. The van der Waals surface area contributed by atoms with E-state index in [1.165, 1.54) is 32.1 Å². The van der Waals surface area contributed by atoms with E-state index in [2.05, 4.69) is 13.0 Å². The minimum absolute atomic E-state index is 0.189. The number of rotatable bonds is 7. The van der Waals surface area contributed by atoms with Gasteiger partial charge in [-0.25, -0.2) is 0 Å². The van der Waals surface area contributed by atoms with E-state index in [-0.39, 0.29) is 6.61 Å². The lowest BCUT2D eigenvalue weighted by Gasteiger charge is -1.95. The van der Waals surface area contributed by atoms with Crippen molar-refractivity contribution >= 4 is 0 Å². The summed E-state index contributed by atoms with van der Waals surface area (Å²) in [5, 5.41) is 8.42. The Morgan fingerprint density at radius 3 is 2.36 bits per heavy atom. The maximum Gasteiger partial charge on any atom is 0.0612 e. The summed E-state index contributed by atoms with van der Waals surface area (Å²) in [6.07, 6.45) is 11.7. The second kappa shape index (κ2) is 9.70. The van der Waals surface area contributed by atoms with Crippen LogP contribution in [0.15, 0.2) is 12.2 Å². The van der Waals surface area contributed by atoms with Crippen molar-refractivity contribution in [2.24, 2.45) is 0 Å². The average molecular weight is 156 g/mol. The van der Waals surface area contributed by atoms with Crippen LogP contribution < -0.4 is 0 Å². The lowest BCUT2D eigenvalue weighted by molar-refractivity contribution is 0.342. The van der Waals surface area contributed by atoms with Crippen LogP contribution in [0, 0.1) is 0 Å². The van der Waals surface area contributed by atoms with Crippen LogP contribution in [0.1, 0.15) is 45.4 Å². The first-order valence-corrected chi connectivity index (χ1v) is 4.67. The van der Waals surface area contributed by atoms with E-state index in [1.54, 1.807) is 0 Å². The minimum atomic E-state index is 0.189. The molecule has 0 spiro atoms. The monoisotopic (exact) mass is 156 g/mol. The maximum atomic E-state index is 8.42. The Hall–Kier alpha value is -0.300. The van der Waals surface area contributed by atoms with E-state index in [0.29, 0.717) is 0 Å². The summed E-state index contributed by atoms with van der Waals surface area (Å²) < 4.78 is 0. The molecule has 0 aliphatic rings. The molecule has 0 aliphatic heterocycles. The molecule has 1 heteroatoms. The maximum absolute atomic E-state index is 8.42. The molecule has 0 aromatic rings. The minimum Gasteiger partial charge on any atom is -0.392 e. The molecule has 0 radical (unpaired) electrons. The highest BCUT2D eigenvalue weighted by molar-refractivity contribution is 4.80. The number of hydrogen-bond donors (Lipinski definition) is 1. The second-order valence-corrected chi connectivity index (χ2v) is 2.86. The molecule has 0 saturated heterocycles. The van der Waals surface area contributed by atoms with Crippen LogP contribution in [0.2, 0.25) is 0 Å². The van der Waals surface area contributed by atoms with E-state index in [0.717, 1.165) is 6.42 Å². The molecular formula is C10H20O. The molecule has 0 bridgehead atoms. The predicted molar refractivity (Wildman–Crippen MR) is 49.6 cm³/mol. The molecule has 0 unspecified atom stereocenters. The van der Waals surface area contributed by atoms with Crippen LogP contribution in [0.25, 0.3) is 0 Å². The van der Waals surface area contributed by atoms with Gasteiger partial charge in [0.05, 0.1) is 6.61 Å². The molecule has 0 aromatic carbocycles. The summed E-state index contributed by atoms with van der Waals surface area (Å²) in [5.41, 5.74) is 0. The quantitative estimate of drug-likeness (QED) is 0.444. The Labute approximate surface area is 70.1 Å². The van der Waals surface area contributed by atoms with Crippen molar-refractivity contribution in [3.8, 4) is 0 Å². The van der Waals surface area contributed by atoms with Crippen LogP contribution in [-0.2, 0) is 0 Å². The molecule has 0 rings (SSSR count). The van der Waals surface area contributed by atoms with Gasteiger partial charge in [0.25, 0.3) is 0 Å². The molecule has 0 aromatic heterocycles. The number of hydrogen-bond acceptors (Lipinski definition) is 1. The first kappa shape index (κ1) is 10.7. The van der Waals surface area contributed by atoms with Crippen molar-refractivity contribution in [3.63, 3.8) is 0 Å². The van der Waals surface area contributed by atoms with Gasteiger partial charge in [-0.2, -0.15) is 0 Å². The van der Waals surface area contributed by atoms with E-state index < -0.39 is 0 Å². The average Bonchev–Trinajstić information content (AvgIpc) is 2.03. The van der Waals surface area contributed by atoms with Gasteiger partial charge in [-0.3, -0.25) is 0 Å². The first-order chi connectivity index (χ1) is 5.41. The van der Waals surface area contributed by atoms with E-state index in [1.807, 2.05) is 6.08 Å². The van der Waals surface area contributed by atoms with E-state index in [9.17, 15) is 0 Å². The largest absolute Gasteiger partial charge is 0.392 e. The molecule has 0 saturated carbocycles. The summed E-state index contributed by atoms with van der Waals surface area (Å²) >= 11 is 0. The highest BCUT2D eigenvalue weighted by atomic mass is 16.2. The summed E-state index contributed by atoms with van der Waals surface area (Å²) in [6, 6.07) is 0. The SMILES string of the molecule is CCCCCCC/C=C\CO. The Balaban J connectivity index is 2.85. The van der Waals surface area contributed by atoms with Gasteiger partial charge < -0.3 is 5.11 Å². The van der Waals surface area contributed by atoms with Gasteiger partial charge in [0, 0.05) is 0 Å².